The Labute approximate surface area is 183 Å². The van der Waals surface area contributed by atoms with Crippen molar-refractivity contribution in [2.24, 2.45) is 4.99 Å². The van der Waals surface area contributed by atoms with Gasteiger partial charge in [0.15, 0.2) is 5.96 Å². The Morgan fingerprint density at radius 3 is 2.70 bits per heavy atom. The van der Waals surface area contributed by atoms with Crippen LogP contribution in [0.3, 0.4) is 0 Å². The predicted molar refractivity (Wildman–Crippen MR) is 125 cm³/mol. The molecule has 1 saturated heterocycles. The molecule has 2 N–H and O–H groups in total. The first kappa shape index (κ1) is 22.1. The highest BCUT2D eigenvalue weighted by Crippen LogP contribution is 2.15. The minimum Gasteiger partial charge on any atom is -0.354 e. The zero-order valence-corrected chi connectivity index (χ0v) is 19.5. The second-order valence-electron chi connectivity index (χ2n) is 6.97. The van der Waals surface area contributed by atoms with E-state index in [0.29, 0.717) is 6.04 Å². The van der Waals surface area contributed by atoms with Crippen LogP contribution in [0.15, 0.2) is 35.5 Å². The van der Waals surface area contributed by atoms with Crippen molar-refractivity contribution in [3.63, 3.8) is 0 Å². The van der Waals surface area contributed by atoms with E-state index in [1.54, 1.807) is 11.3 Å². The number of piperidine rings is 1. The lowest BCUT2D eigenvalue weighted by Gasteiger charge is -2.33. The first-order valence-corrected chi connectivity index (χ1v) is 10.1. The van der Waals surface area contributed by atoms with Gasteiger partial charge in [-0.05, 0) is 32.3 Å². The highest BCUT2D eigenvalue weighted by atomic mass is 127. The molecule has 2 aromatic rings. The fourth-order valence-electron chi connectivity index (χ4n) is 3.33. The van der Waals surface area contributed by atoms with Crippen molar-refractivity contribution < 1.29 is 0 Å². The van der Waals surface area contributed by atoms with Crippen LogP contribution in [0.2, 0.25) is 0 Å². The minimum absolute atomic E-state index is 0. The molecule has 3 rings (SSSR count). The first-order valence-electron chi connectivity index (χ1n) is 9.29. The number of benzene rings is 1. The van der Waals surface area contributed by atoms with E-state index in [0.717, 1.165) is 50.0 Å². The highest BCUT2D eigenvalue weighted by Gasteiger charge is 2.20. The van der Waals surface area contributed by atoms with Gasteiger partial charge in [0.2, 0.25) is 0 Å². The maximum absolute atomic E-state index is 4.39. The third-order valence-electron chi connectivity index (χ3n) is 4.72. The molecule has 1 fully saturated rings. The van der Waals surface area contributed by atoms with Gasteiger partial charge in [0.25, 0.3) is 0 Å². The van der Waals surface area contributed by atoms with Crippen molar-refractivity contribution in [1.29, 1.82) is 0 Å². The topological polar surface area (TPSA) is 52.6 Å². The molecule has 0 amide bonds. The number of guanidine groups is 1. The molecule has 1 aromatic carbocycles. The Balaban J connectivity index is 0.00000261. The van der Waals surface area contributed by atoms with Gasteiger partial charge in [0.05, 0.1) is 6.54 Å². The molecule has 1 aliphatic heterocycles. The molecule has 0 unspecified atom stereocenters. The standard InChI is InChI=1S/C20H29N5S.HI/c1-15-5-4-6-17(11-15)14-25-9-7-18(8-10-25)24-20(21-3)23-13-19-22-12-16(2)26-19;/h4-6,11-12,18H,7-10,13-14H2,1-3H3,(H2,21,23,24);1H. The molecule has 1 aromatic heterocycles. The minimum atomic E-state index is 0. The van der Waals surface area contributed by atoms with Gasteiger partial charge in [0.1, 0.15) is 5.01 Å². The summed E-state index contributed by atoms with van der Waals surface area (Å²) in [5, 5.41) is 8.04. The number of aliphatic imine (C=N–C) groups is 1. The smallest absolute Gasteiger partial charge is 0.191 e. The molecule has 0 radical (unpaired) electrons. The highest BCUT2D eigenvalue weighted by molar-refractivity contribution is 14.0. The van der Waals surface area contributed by atoms with Crippen LogP contribution in [0, 0.1) is 13.8 Å². The Bertz CT molecular complexity index is 737. The van der Waals surface area contributed by atoms with Crippen LogP contribution in [-0.2, 0) is 13.1 Å². The van der Waals surface area contributed by atoms with Crippen LogP contribution in [-0.4, -0.2) is 42.0 Å². The van der Waals surface area contributed by atoms with Gasteiger partial charge in [-0.2, -0.15) is 0 Å². The number of nitrogens with zero attached hydrogens (tertiary/aromatic N) is 3. The van der Waals surface area contributed by atoms with E-state index in [2.05, 4.69) is 63.6 Å². The Morgan fingerprint density at radius 2 is 2.07 bits per heavy atom. The van der Waals surface area contributed by atoms with E-state index < -0.39 is 0 Å². The Morgan fingerprint density at radius 1 is 1.30 bits per heavy atom. The third kappa shape index (κ3) is 7.04. The molecular weight excluding hydrogens is 469 g/mol. The van der Waals surface area contributed by atoms with E-state index in [-0.39, 0.29) is 24.0 Å². The third-order valence-corrected chi connectivity index (χ3v) is 5.63. The second-order valence-corrected chi connectivity index (χ2v) is 8.29. The van der Waals surface area contributed by atoms with E-state index in [1.165, 1.54) is 16.0 Å². The zero-order chi connectivity index (χ0) is 18.4. The number of rotatable bonds is 5. The van der Waals surface area contributed by atoms with Gasteiger partial charge in [0, 0.05) is 43.8 Å². The van der Waals surface area contributed by atoms with Crippen LogP contribution < -0.4 is 10.6 Å². The van der Waals surface area contributed by atoms with Crippen molar-refractivity contribution >= 4 is 41.3 Å². The summed E-state index contributed by atoms with van der Waals surface area (Å²) >= 11 is 1.73. The summed E-state index contributed by atoms with van der Waals surface area (Å²) in [5.74, 6) is 0.870. The van der Waals surface area contributed by atoms with Crippen molar-refractivity contribution in [2.75, 3.05) is 20.1 Å². The number of hydrogen-bond acceptors (Lipinski definition) is 4. The molecule has 0 atom stereocenters. The lowest BCUT2D eigenvalue weighted by atomic mass is 10.0. The molecule has 0 bridgehead atoms. The monoisotopic (exact) mass is 499 g/mol. The van der Waals surface area contributed by atoms with Crippen LogP contribution in [0.25, 0.3) is 0 Å². The van der Waals surface area contributed by atoms with Gasteiger partial charge in [-0.3, -0.25) is 9.89 Å². The molecule has 5 nitrogen and oxygen atoms in total. The maximum atomic E-state index is 4.39. The number of hydrogen-bond donors (Lipinski definition) is 2. The Hall–Kier alpha value is -1.19. The SMILES string of the molecule is CN=C(NCc1ncc(C)s1)NC1CCN(Cc2cccc(C)c2)CC1.I. The molecule has 0 aliphatic carbocycles. The van der Waals surface area contributed by atoms with Crippen LogP contribution in [0.4, 0.5) is 0 Å². The summed E-state index contributed by atoms with van der Waals surface area (Å²) in [6.07, 6.45) is 4.20. The number of aromatic nitrogens is 1. The summed E-state index contributed by atoms with van der Waals surface area (Å²) in [6, 6.07) is 9.30. The van der Waals surface area contributed by atoms with Crippen LogP contribution in [0.1, 0.15) is 33.9 Å². The summed E-state index contributed by atoms with van der Waals surface area (Å²) < 4.78 is 0. The molecule has 0 saturated carbocycles. The molecule has 0 spiro atoms. The fraction of sp³-hybridized carbons (Fsp3) is 0.500. The van der Waals surface area contributed by atoms with Crippen LogP contribution >= 0.6 is 35.3 Å². The van der Waals surface area contributed by atoms with Gasteiger partial charge in [-0.15, -0.1) is 35.3 Å². The second kappa shape index (κ2) is 11.0. The molecule has 2 heterocycles. The normalized spacial score (nSPS) is 16.0. The lowest BCUT2D eigenvalue weighted by Crippen LogP contribution is -2.48. The van der Waals surface area contributed by atoms with Crippen molar-refractivity contribution in [3.8, 4) is 0 Å². The first-order chi connectivity index (χ1) is 12.6. The van der Waals surface area contributed by atoms with E-state index in [4.69, 9.17) is 0 Å². The lowest BCUT2D eigenvalue weighted by molar-refractivity contribution is 0.198. The van der Waals surface area contributed by atoms with E-state index >= 15 is 0 Å². The zero-order valence-electron chi connectivity index (χ0n) is 16.4. The Kier molecular flexibility index (Phi) is 8.98. The number of likely N-dealkylation sites (tertiary alicyclic amines) is 1. The number of halogens is 1. The molecule has 1 aliphatic rings. The average molecular weight is 499 g/mol. The van der Waals surface area contributed by atoms with E-state index in [1.807, 2.05) is 13.2 Å². The number of thiazole rings is 1. The molecule has 27 heavy (non-hydrogen) atoms. The summed E-state index contributed by atoms with van der Waals surface area (Å²) in [5.41, 5.74) is 2.75. The molecular formula is C20H30IN5S. The fourth-order valence-corrected chi connectivity index (χ4v) is 4.06. The molecule has 148 valence electrons. The predicted octanol–water partition coefficient (Wildman–Crippen LogP) is 3.71. The quantitative estimate of drug-likeness (QED) is 0.374. The van der Waals surface area contributed by atoms with E-state index in [9.17, 15) is 0 Å². The largest absolute Gasteiger partial charge is 0.354 e. The summed E-state index contributed by atoms with van der Waals surface area (Å²) in [4.78, 5) is 12.5. The summed E-state index contributed by atoms with van der Waals surface area (Å²) in [7, 11) is 1.83. The van der Waals surface area contributed by atoms with Crippen LogP contribution in [0.5, 0.6) is 0 Å². The number of aryl methyl sites for hydroxylation is 2. The van der Waals surface area contributed by atoms with Crippen molar-refractivity contribution in [2.45, 2.75) is 45.8 Å². The van der Waals surface area contributed by atoms with Gasteiger partial charge in [-0.25, -0.2) is 4.98 Å². The average Bonchev–Trinajstić information content (AvgIpc) is 3.05. The summed E-state index contributed by atoms with van der Waals surface area (Å²) in [6.45, 7) is 8.25. The van der Waals surface area contributed by atoms with Gasteiger partial charge >= 0.3 is 0 Å². The van der Waals surface area contributed by atoms with Gasteiger partial charge in [-0.1, -0.05) is 29.8 Å². The number of nitrogens with one attached hydrogen (secondary N) is 2. The van der Waals surface area contributed by atoms with Crippen molar-refractivity contribution in [3.05, 3.63) is 51.5 Å². The van der Waals surface area contributed by atoms with Crippen molar-refractivity contribution in [1.82, 2.24) is 20.5 Å². The maximum Gasteiger partial charge on any atom is 0.191 e. The molecule has 7 heteroatoms. The van der Waals surface area contributed by atoms with Gasteiger partial charge < -0.3 is 10.6 Å².